The molecule has 1 fully saturated rings. The average Bonchev–Trinajstić information content (AvgIpc) is 2.89. The summed E-state index contributed by atoms with van der Waals surface area (Å²) in [6.07, 6.45) is 0.161. The van der Waals surface area contributed by atoms with E-state index in [1.165, 1.54) is 17.0 Å². The van der Waals surface area contributed by atoms with E-state index in [1.54, 1.807) is 51.3 Å². The summed E-state index contributed by atoms with van der Waals surface area (Å²) in [7, 11) is 6.65. The highest BCUT2D eigenvalue weighted by Gasteiger charge is 2.64. The number of aromatic hydroxyl groups is 2. The summed E-state index contributed by atoms with van der Waals surface area (Å²) >= 11 is 0. The normalized spacial score (nSPS) is 25.0. The van der Waals surface area contributed by atoms with Crippen LogP contribution in [0.2, 0.25) is 0 Å². The van der Waals surface area contributed by atoms with Crippen LogP contribution in [0.4, 0.5) is 5.69 Å². The zero-order valence-corrected chi connectivity index (χ0v) is 23.5. The maximum absolute atomic E-state index is 14.1. The van der Waals surface area contributed by atoms with E-state index in [0.717, 1.165) is 0 Å². The standard InChI is InChI=1S/C31H31N3O8/c1-33(2)20-13-15(9-8-14-6-5-7-17(35)10-14)25(36)22-18(20)11-16-12-19-24(34(3)4)27(38)23(30(32)41)29(40)31(19,42)28(39)21(16)26(22)37/h5-7,10,13,16,19,24,35-37,40,42H,11-12H2,1-4H3,(H2,32,41)/t16-,19-,24-,31-/m0/s1. The van der Waals surface area contributed by atoms with Crippen LogP contribution >= 0.6 is 0 Å². The number of nitrogens with zero attached hydrogens (tertiary/aromatic N) is 2. The van der Waals surface area contributed by atoms with Gasteiger partial charge < -0.3 is 36.2 Å². The highest BCUT2D eigenvalue weighted by molar-refractivity contribution is 6.24. The highest BCUT2D eigenvalue weighted by Crippen LogP contribution is 2.54. The van der Waals surface area contributed by atoms with Crippen molar-refractivity contribution in [1.82, 2.24) is 4.90 Å². The SMILES string of the molecule is CN(C)c1cc(C#Cc2cccc(O)c2)c(O)c2c1C[C@H]1C[C@H]3[C@H](N(C)C)C(=O)C(C(N)=O)=C(O)[C@@]3(O)C(=O)C1=C2O. The molecule has 7 N–H and O–H groups in total. The van der Waals surface area contributed by atoms with Gasteiger partial charge in [-0.2, -0.15) is 0 Å². The fourth-order valence-corrected chi connectivity index (χ4v) is 6.51. The van der Waals surface area contributed by atoms with Crippen LogP contribution < -0.4 is 10.6 Å². The van der Waals surface area contributed by atoms with Gasteiger partial charge in [0, 0.05) is 36.8 Å². The zero-order chi connectivity index (χ0) is 30.8. The topological polar surface area (TPSA) is 185 Å². The molecule has 218 valence electrons. The second-order valence-electron chi connectivity index (χ2n) is 11.3. The molecule has 0 radical (unpaired) electrons. The number of phenols is 2. The van der Waals surface area contributed by atoms with E-state index in [-0.39, 0.29) is 35.3 Å². The number of aliphatic hydroxyl groups excluding tert-OH is 2. The molecule has 0 bridgehead atoms. The van der Waals surface area contributed by atoms with E-state index < -0.39 is 63.8 Å². The molecule has 1 saturated carbocycles. The van der Waals surface area contributed by atoms with Gasteiger partial charge in [-0.3, -0.25) is 19.3 Å². The molecular weight excluding hydrogens is 542 g/mol. The minimum Gasteiger partial charge on any atom is -0.508 e. The molecule has 0 heterocycles. The van der Waals surface area contributed by atoms with Crippen LogP contribution in [-0.2, 0) is 20.8 Å². The number of fused-ring (bicyclic) bond motifs is 3. The smallest absolute Gasteiger partial charge is 0.255 e. The fraction of sp³-hybridized carbons (Fsp3) is 0.323. The number of rotatable bonds is 3. The second kappa shape index (κ2) is 9.94. The molecule has 3 aliphatic rings. The first-order valence-corrected chi connectivity index (χ1v) is 13.2. The lowest BCUT2D eigenvalue weighted by atomic mass is 9.57. The van der Waals surface area contributed by atoms with Crippen LogP contribution in [0, 0.1) is 23.7 Å². The van der Waals surface area contributed by atoms with Gasteiger partial charge in [0.05, 0.1) is 17.2 Å². The lowest BCUT2D eigenvalue weighted by Crippen LogP contribution is -2.65. The maximum atomic E-state index is 14.1. The number of carbonyl (C=O) groups excluding carboxylic acids is 3. The third-order valence-corrected chi connectivity index (χ3v) is 8.37. The van der Waals surface area contributed by atoms with Crippen molar-refractivity contribution in [2.45, 2.75) is 24.5 Å². The van der Waals surface area contributed by atoms with Crippen LogP contribution in [0.1, 0.15) is 28.7 Å². The molecule has 2 aromatic rings. The van der Waals surface area contributed by atoms with Gasteiger partial charge >= 0.3 is 0 Å². The third kappa shape index (κ3) is 4.10. The van der Waals surface area contributed by atoms with Crippen LogP contribution in [0.15, 0.2) is 47.2 Å². The largest absolute Gasteiger partial charge is 0.508 e. The molecule has 0 spiro atoms. The average molecular weight is 574 g/mol. The summed E-state index contributed by atoms with van der Waals surface area (Å²) in [6, 6.07) is 6.74. The van der Waals surface area contributed by atoms with E-state index in [0.29, 0.717) is 16.8 Å². The number of hydrogen-bond donors (Lipinski definition) is 6. The summed E-state index contributed by atoms with van der Waals surface area (Å²) in [6.45, 7) is 0. The molecule has 2 aromatic carbocycles. The number of nitrogens with two attached hydrogens (primary N) is 1. The molecule has 42 heavy (non-hydrogen) atoms. The van der Waals surface area contributed by atoms with Crippen molar-refractivity contribution in [3.05, 3.63) is 69.5 Å². The summed E-state index contributed by atoms with van der Waals surface area (Å²) in [5.41, 5.74) is 3.29. The van der Waals surface area contributed by atoms with Crippen LogP contribution in [0.3, 0.4) is 0 Å². The van der Waals surface area contributed by atoms with Gasteiger partial charge in [0.1, 0.15) is 28.6 Å². The Bertz CT molecular complexity index is 1690. The lowest BCUT2D eigenvalue weighted by molar-refractivity contribution is -0.153. The number of likely N-dealkylation sites (N-methyl/N-ethyl adjacent to an activating group) is 1. The number of hydrogen-bond acceptors (Lipinski definition) is 10. The summed E-state index contributed by atoms with van der Waals surface area (Å²) in [5.74, 6) is -1.39. The number of primary amides is 1. The number of anilines is 1. The van der Waals surface area contributed by atoms with Gasteiger partial charge in [-0.1, -0.05) is 17.9 Å². The Morgan fingerprint density at radius 2 is 1.74 bits per heavy atom. The van der Waals surface area contributed by atoms with Crippen molar-refractivity contribution in [2.24, 2.45) is 17.6 Å². The third-order valence-electron chi connectivity index (χ3n) is 8.37. The van der Waals surface area contributed by atoms with Crippen molar-refractivity contribution >= 4 is 28.9 Å². The molecule has 3 aliphatic carbocycles. The lowest BCUT2D eigenvalue weighted by Gasteiger charge is -2.50. The second-order valence-corrected chi connectivity index (χ2v) is 11.3. The number of phenolic OH excluding ortho intramolecular Hbond substituents is 2. The van der Waals surface area contributed by atoms with Crippen molar-refractivity contribution in [1.29, 1.82) is 0 Å². The van der Waals surface area contributed by atoms with E-state index in [4.69, 9.17) is 5.73 Å². The van der Waals surface area contributed by atoms with Crippen molar-refractivity contribution < 1.29 is 39.9 Å². The fourth-order valence-electron chi connectivity index (χ4n) is 6.51. The Hall–Kier alpha value is -4.79. The zero-order valence-electron chi connectivity index (χ0n) is 23.5. The summed E-state index contributed by atoms with van der Waals surface area (Å²) in [5, 5.41) is 55.4. The van der Waals surface area contributed by atoms with Gasteiger partial charge in [-0.05, 0) is 62.7 Å². The number of amides is 1. The Morgan fingerprint density at radius 1 is 1.05 bits per heavy atom. The number of aliphatic hydroxyl groups is 3. The molecule has 5 rings (SSSR count). The molecule has 1 amide bonds. The van der Waals surface area contributed by atoms with Crippen LogP contribution in [0.25, 0.3) is 5.76 Å². The highest BCUT2D eigenvalue weighted by atomic mass is 16.3. The van der Waals surface area contributed by atoms with Gasteiger partial charge in [-0.25, -0.2) is 0 Å². The first kappa shape index (κ1) is 28.7. The number of Topliss-reactive ketones (excluding diaryl/α,β-unsaturated/α-hetero) is 2. The van der Waals surface area contributed by atoms with Crippen LogP contribution in [0.5, 0.6) is 11.5 Å². The van der Waals surface area contributed by atoms with Crippen LogP contribution in [-0.4, -0.2) is 87.7 Å². The van der Waals surface area contributed by atoms with Gasteiger partial charge in [0.2, 0.25) is 5.78 Å². The molecule has 4 atom stereocenters. The molecule has 0 aromatic heterocycles. The predicted octanol–water partition coefficient (Wildman–Crippen LogP) is 1.14. The molecule has 11 heteroatoms. The Labute approximate surface area is 241 Å². The number of benzene rings is 2. The van der Waals surface area contributed by atoms with E-state index >= 15 is 0 Å². The van der Waals surface area contributed by atoms with Gasteiger partial charge in [0.15, 0.2) is 11.4 Å². The van der Waals surface area contributed by atoms with Crippen molar-refractivity contribution in [3.8, 4) is 23.3 Å². The van der Waals surface area contributed by atoms with E-state index in [1.807, 2.05) is 0 Å². The molecule has 0 saturated heterocycles. The van der Waals surface area contributed by atoms with E-state index in [2.05, 4.69) is 11.8 Å². The number of carbonyl (C=O) groups is 3. The quantitative estimate of drug-likeness (QED) is 0.230. The molecule has 0 aliphatic heterocycles. The first-order valence-electron chi connectivity index (χ1n) is 13.2. The summed E-state index contributed by atoms with van der Waals surface area (Å²) < 4.78 is 0. The molecule has 0 unspecified atom stereocenters. The Balaban J connectivity index is 1.73. The minimum atomic E-state index is -2.71. The monoisotopic (exact) mass is 573 g/mol. The van der Waals surface area contributed by atoms with Gasteiger partial charge in [-0.15, -0.1) is 0 Å². The minimum absolute atomic E-state index is 0.00154. The number of ketones is 2. The van der Waals surface area contributed by atoms with Gasteiger partial charge in [0.25, 0.3) is 5.91 Å². The Kier molecular flexibility index (Phi) is 6.80. The first-order chi connectivity index (χ1) is 19.7. The van der Waals surface area contributed by atoms with Crippen molar-refractivity contribution in [2.75, 3.05) is 33.1 Å². The Morgan fingerprint density at radius 3 is 2.33 bits per heavy atom. The van der Waals surface area contributed by atoms with E-state index in [9.17, 15) is 39.9 Å². The maximum Gasteiger partial charge on any atom is 0.255 e. The molecular formula is C31H31N3O8. The molecule has 11 nitrogen and oxygen atoms in total. The van der Waals surface area contributed by atoms with Crippen molar-refractivity contribution in [3.63, 3.8) is 0 Å². The summed E-state index contributed by atoms with van der Waals surface area (Å²) in [4.78, 5) is 42.7. The predicted molar refractivity (Wildman–Crippen MR) is 153 cm³/mol.